The van der Waals surface area contributed by atoms with Crippen molar-refractivity contribution >= 4 is 11.8 Å². The number of hydrogen-bond donors (Lipinski definition) is 0. The van der Waals surface area contributed by atoms with E-state index in [-0.39, 0.29) is 0 Å². The van der Waals surface area contributed by atoms with Crippen molar-refractivity contribution in [3.63, 3.8) is 0 Å². The minimum absolute atomic E-state index is 0.547. The highest BCUT2D eigenvalue weighted by Crippen LogP contribution is 2.53. The van der Waals surface area contributed by atoms with Crippen molar-refractivity contribution in [1.29, 1.82) is 0 Å². The summed E-state index contributed by atoms with van der Waals surface area (Å²) in [7, 11) is 0. The molecule has 9 heavy (non-hydrogen) atoms. The summed E-state index contributed by atoms with van der Waals surface area (Å²) in [6.45, 7) is 9.28. The van der Waals surface area contributed by atoms with Gasteiger partial charge in [-0.05, 0) is 11.8 Å². The molecular weight excluding hydrogens is 128 g/mol. The fourth-order valence-corrected chi connectivity index (χ4v) is 2.70. The predicted octanol–water partition coefficient (Wildman–Crippen LogP) is 2.93. The molecule has 0 aromatic rings. The van der Waals surface area contributed by atoms with E-state index < -0.39 is 0 Å². The first-order chi connectivity index (χ1) is 4.05. The Morgan fingerprint density at radius 1 is 1.33 bits per heavy atom. The Morgan fingerprint density at radius 3 is 2.00 bits per heavy atom. The van der Waals surface area contributed by atoms with Gasteiger partial charge in [-0.15, -0.1) is 0 Å². The van der Waals surface area contributed by atoms with Gasteiger partial charge in [0.25, 0.3) is 0 Å². The second-order valence-electron chi connectivity index (χ2n) is 3.87. The van der Waals surface area contributed by atoms with Crippen molar-refractivity contribution in [3.8, 4) is 0 Å². The summed E-state index contributed by atoms with van der Waals surface area (Å²) in [5, 5.41) is 1.92. The zero-order valence-electron chi connectivity index (χ0n) is 6.77. The Bertz CT molecular complexity index is 102. The maximum absolute atomic E-state index is 2.33. The van der Waals surface area contributed by atoms with Gasteiger partial charge in [0.15, 0.2) is 0 Å². The van der Waals surface area contributed by atoms with Gasteiger partial charge in [-0.2, -0.15) is 11.8 Å². The Hall–Kier alpha value is 0.350. The molecule has 0 radical (unpaired) electrons. The monoisotopic (exact) mass is 144 g/mol. The van der Waals surface area contributed by atoms with Crippen LogP contribution in [0.5, 0.6) is 0 Å². The van der Waals surface area contributed by atoms with Gasteiger partial charge in [-0.1, -0.05) is 27.7 Å². The Morgan fingerprint density at radius 2 is 1.89 bits per heavy atom. The summed E-state index contributed by atoms with van der Waals surface area (Å²) in [6.07, 6.45) is 1.35. The van der Waals surface area contributed by atoms with Gasteiger partial charge in [0.1, 0.15) is 0 Å². The zero-order valence-corrected chi connectivity index (χ0v) is 7.59. The maximum Gasteiger partial charge on any atom is 0.0218 e. The van der Waals surface area contributed by atoms with Crippen LogP contribution in [-0.4, -0.2) is 10.5 Å². The van der Waals surface area contributed by atoms with Crippen LogP contribution < -0.4 is 0 Å². The third-order valence-electron chi connectivity index (χ3n) is 1.84. The van der Waals surface area contributed by atoms with E-state index in [0.29, 0.717) is 5.41 Å². The van der Waals surface area contributed by atoms with Crippen molar-refractivity contribution in [2.75, 3.05) is 0 Å². The van der Waals surface area contributed by atoms with Gasteiger partial charge >= 0.3 is 0 Å². The lowest BCUT2D eigenvalue weighted by Crippen LogP contribution is -2.15. The highest BCUT2D eigenvalue weighted by atomic mass is 32.2. The lowest BCUT2D eigenvalue weighted by molar-refractivity contribution is 0.413. The van der Waals surface area contributed by atoms with E-state index in [9.17, 15) is 0 Å². The Balaban J connectivity index is 2.33. The lowest BCUT2D eigenvalue weighted by atomic mass is 9.90. The standard InChI is InChI=1S/C8H16S/c1-5-6-7(9-6)8(2,3)4/h6-7H,5H2,1-4H3. The topological polar surface area (TPSA) is 0 Å². The zero-order chi connectivity index (χ0) is 7.07. The second-order valence-corrected chi connectivity index (χ2v) is 5.25. The quantitative estimate of drug-likeness (QED) is 0.510. The minimum atomic E-state index is 0.547. The Kier molecular flexibility index (Phi) is 1.81. The highest BCUT2D eigenvalue weighted by Gasteiger charge is 2.44. The van der Waals surface area contributed by atoms with Crippen LogP contribution in [0.4, 0.5) is 0 Å². The molecule has 2 atom stereocenters. The molecule has 0 aromatic heterocycles. The molecule has 1 saturated heterocycles. The first-order valence-electron chi connectivity index (χ1n) is 3.71. The minimum Gasteiger partial charge on any atom is -0.152 e. The molecule has 0 spiro atoms. The lowest BCUT2D eigenvalue weighted by Gasteiger charge is -2.15. The van der Waals surface area contributed by atoms with Gasteiger partial charge in [-0.25, -0.2) is 0 Å². The van der Waals surface area contributed by atoms with Crippen LogP contribution in [0.25, 0.3) is 0 Å². The largest absolute Gasteiger partial charge is 0.152 e. The average Bonchev–Trinajstić information content (AvgIpc) is 2.39. The van der Waals surface area contributed by atoms with Gasteiger partial charge in [-0.3, -0.25) is 0 Å². The van der Waals surface area contributed by atoms with E-state index in [4.69, 9.17) is 0 Å². The van der Waals surface area contributed by atoms with Gasteiger partial charge in [0.2, 0.25) is 0 Å². The second kappa shape index (κ2) is 2.19. The van der Waals surface area contributed by atoms with Crippen LogP contribution >= 0.6 is 11.8 Å². The molecule has 1 heteroatoms. The van der Waals surface area contributed by atoms with Crippen molar-refractivity contribution < 1.29 is 0 Å². The molecule has 2 unspecified atom stereocenters. The van der Waals surface area contributed by atoms with E-state index in [1.54, 1.807) is 0 Å². The van der Waals surface area contributed by atoms with E-state index in [2.05, 4.69) is 39.5 Å². The molecule has 54 valence electrons. The van der Waals surface area contributed by atoms with Crippen LogP contribution in [0.3, 0.4) is 0 Å². The fourth-order valence-electron chi connectivity index (χ4n) is 1.22. The third-order valence-corrected chi connectivity index (χ3v) is 3.81. The SMILES string of the molecule is CCC1SC1C(C)(C)C. The average molecular weight is 144 g/mol. The molecule has 0 saturated carbocycles. The van der Waals surface area contributed by atoms with E-state index in [0.717, 1.165) is 10.5 Å². The van der Waals surface area contributed by atoms with Crippen LogP contribution in [0.1, 0.15) is 34.1 Å². The van der Waals surface area contributed by atoms with Crippen LogP contribution in [-0.2, 0) is 0 Å². The van der Waals surface area contributed by atoms with Crippen molar-refractivity contribution in [2.24, 2.45) is 5.41 Å². The van der Waals surface area contributed by atoms with Crippen molar-refractivity contribution in [3.05, 3.63) is 0 Å². The Labute approximate surface area is 62.4 Å². The highest BCUT2D eigenvalue weighted by molar-refractivity contribution is 8.07. The molecule has 1 rings (SSSR count). The summed E-state index contributed by atoms with van der Waals surface area (Å²) < 4.78 is 0. The molecule has 0 bridgehead atoms. The molecule has 0 N–H and O–H groups in total. The fraction of sp³-hybridized carbons (Fsp3) is 1.00. The van der Waals surface area contributed by atoms with Crippen molar-refractivity contribution in [1.82, 2.24) is 0 Å². The van der Waals surface area contributed by atoms with Gasteiger partial charge < -0.3 is 0 Å². The third kappa shape index (κ3) is 1.64. The molecular formula is C8H16S. The summed E-state index contributed by atoms with van der Waals surface area (Å²) in [4.78, 5) is 0. The molecule has 0 nitrogen and oxygen atoms in total. The molecule has 1 aliphatic heterocycles. The number of thioether (sulfide) groups is 1. The van der Waals surface area contributed by atoms with Crippen LogP contribution in [0.2, 0.25) is 0 Å². The predicted molar refractivity (Wildman–Crippen MR) is 44.9 cm³/mol. The first kappa shape index (κ1) is 7.46. The van der Waals surface area contributed by atoms with Gasteiger partial charge in [0.05, 0.1) is 0 Å². The molecule has 1 aliphatic rings. The van der Waals surface area contributed by atoms with Crippen LogP contribution in [0.15, 0.2) is 0 Å². The molecule has 0 amide bonds. The number of rotatable bonds is 1. The maximum atomic E-state index is 2.33. The number of hydrogen-bond acceptors (Lipinski definition) is 1. The van der Waals surface area contributed by atoms with E-state index >= 15 is 0 Å². The van der Waals surface area contributed by atoms with Crippen LogP contribution in [0, 0.1) is 5.41 Å². The summed E-state index contributed by atoms with van der Waals surface area (Å²) in [5.74, 6) is 0. The summed E-state index contributed by atoms with van der Waals surface area (Å²) in [5.41, 5.74) is 0.547. The molecule has 1 heterocycles. The van der Waals surface area contributed by atoms with Gasteiger partial charge in [0, 0.05) is 10.5 Å². The summed E-state index contributed by atoms with van der Waals surface area (Å²) >= 11 is 2.14. The molecule has 1 fully saturated rings. The molecule has 0 aromatic carbocycles. The molecule has 0 aliphatic carbocycles. The van der Waals surface area contributed by atoms with Crippen molar-refractivity contribution in [2.45, 2.75) is 44.6 Å². The van der Waals surface area contributed by atoms with E-state index in [1.165, 1.54) is 6.42 Å². The summed E-state index contributed by atoms with van der Waals surface area (Å²) in [6, 6.07) is 0. The first-order valence-corrected chi connectivity index (χ1v) is 4.65. The normalized spacial score (nSPS) is 34.7. The smallest absolute Gasteiger partial charge is 0.0218 e. The van der Waals surface area contributed by atoms with E-state index in [1.807, 2.05) is 0 Å².